The van der Waals surface area contributed by atoms with Crippen LogP contribution in [0.3, 0.4) is 0 Å². The summed E-state index contributed by atoms with van der Waals surface area (Å²) in [4.78, 5) is 14.4. The molecular weight excluding hydrogens is 396 g/mol. The molecule has 2 aromatic rings. The normalized spacial score (nSPS) is 16.3. The summed E-state index contributed by atoms with van der Waals surface area (Å²) in [5, 5.41) is 0. The maximum Gasteiger partial charge on any atom is 0.257 e. The van der Waals surface area contributed by atoms with Gasteiger partial charge < -0.3 is 9.32 Å². The van der Waals surface area contributed by atoms with E-state index in [1.807, 2.05) is 0 Å². The van der Waals surface area contributed by atoms with Crippen LogP contribution in [0.25, 0.3) is 0 Å². The van der Waals surface area contributed by atoms with Gasteiger partial charge in [-0.2, -0.15) is 4.31 Å². The topological polar surface area (TPSA) is 70.8 Å². The molecule has 24 heavy (non-hydrogen) atoms. The summed E-state index contributed by atoms with van der Waals surface area (Å²) in [5.41, 5.74) is 0.527. The van der Waals surface area contributed by atoms with E-state index < -0.39 is 10.0 Å². The number of furan rings is 1. The van der Waals surface area contributed by atoms with Gasteiger partial charge >= 0.3 is 0 Å². The third-order valence-corrected chi connectivity index (χ3v) is 6.51. The van der Waals surface area contributed by atoms with Gasteiger partial charge in [0.15, 0.2) is 0 Å². The fourth-order valence-electron chi connectivity index (χ4n) is 2.66. The molecule has 0 unspecified atom stereocenters. The SMILES string of the molecule is Cc1occc1C(=O)N1CCN(S(=O)(=O)c2ccc(Br)cc2)CC1. The number of nitrogens with zero attached hydrogens (tertiary/aromatic N) is 2. The van der Waals surface area contributed by atoms with Crippen molar-refractivity contribution in [2.75, 3.05) is 26.2 Å². The lowest BCUT2D eigenvalue weighted by molar-refractivity contribution is 0.0696. The molecular formula is C16H17BrN2O4S. The molecule has 1 aromatic carbocycles. The third-order valence-electron chi connectivity index (χ3n) is 4.07. The molecule has 0 N–H and O–H groups in total. The average molecular weight is 413 g/mol. The predicted molar refractivity (Wildman–Crippen MR) is 92.2 cm³/mol. The van der Waals surface area contributed by atoms with Crippen molar-refractivity contribution in [3.05, 3.63) is 52.4 Å². The largest absolute Gasteiger partial charge is 0.469 e. The number of hydrogen-bond acceptors (Lipinski definition) is 4. The van der Waals surface area contributed by atoms with Crippen LogP contribution in [0.15, 0.2) is 50.4 Å². The molecule has 6 nitrogen and oxygen atoms in total. The minimum Gasteiger partial charge on any atom is -0.469 e. The summed E-state index contributed by atoms with van der Waals surface area (Å²) in [7, 11) is -3.53. The number of rotatable bonds is 3. The van der Waals surface area contributed by atoms with Crippen LogP contribution in [-0.4, -0.2) is 49.7 Å². The first-order chi connectivity index (χ1) is 11.4. The fraction of sp³-hybridized carbons (Fsp3) is 0.312. The van der Waals surface area contributed by atoms with E-state index in [4.69, 9.17) is 4.42 Å². The molecule has 0 bridgehead atoms. The van der Waals surface area contributed by atoms with Crippen molar-refractivity contribution in [1.29, 1.82) is 0 Å². The van der Waals surface area contributed by atoms with E-state index in [0.29, 0.717) is 24.4 Å². The highest BCUT2D eigenvalue weighted by molar-refractivity contribution is 9.10. The van der Waals surface area contributed by atoms with E-state index >= 15 is 0 Å². The number of hydrogen-bond donors (Lipinski definition) is 0. The summed E-state index contributed by atoms with van der Waals surface area (Å²) >= 11 is 3.30. The van der Waals surface area contributed by atoms with Crippen molar-refractivity contribution in [3.8, 4) is 0 Å². The van der Waals surface area contributed by atoms with Gasteiger partial charge in [0.25, 0.3) is 5.91 Å². The Kier molecular flexibility index (Phi) is 4.80. The molecule has 0 atom stereocenters. The Morgan fingerprint density at radius 1 is 1.08 bits per heavy atom. The summed E-state index contributed by atoms with van der Waals surface area (Å²) in [6.07, 6.45) is 1.48. The monoisotopic (exact) mass is 412 g/mol. The number of piperazine rings is 1. The standard InChI is InChI=1S/C16H17BrN2O4S/c1-12-15(6-11-23-12)16(20)18-7-9-19(10-8-18)24(21,22)14-4-2-13(17)3-5-14/h2-6,11H,7-10H2,1H3. The van der Waals surface area contributed by atoms with Gasteiger partial charge in [-0.05, 0) is 37.3 Å². The van der Waals surface area contributed by atoms with E-state index in [2.05, 4.69) is 15.9 Å². The van der Waals surface area contributed by atoms with E-state index in [1.165, 1.54) is 10.6 Å². The molecule has 0 radical (unpaired) electrons. The van der Waals surface area contributed by atoms with Gasteiger partial charge in [-0.3, -0.25) is 4.79 Å². The van der Waals surface area contributed by atoms with Gasteiger partial charge in [0.2, 0.25) is 10.0 Å². The maximum absolute atomic E-state index is 12.7. The minimum atomic E-state index is -3.53. The van der Waals surface area contributed by atoms with Crippen molar-refractivity contribution < 1.29 is 17.6 Å². The smallest absolute Gasteiger partial charge is 0.257 e. The zero-order valence-corrected chi connectivity index (χ0v) is 15.5. The number of carbonyl (C=O) groups excluding carboxylic acids is 1. The van der Waals surface area contributed by atoms with Crippen LogP contribution < -0.4 is 0 Å². The highest BCUT2D eigenvalue weighted by Gasteiger charge is 2.31. The van der Waals surface area contributed by atoms with Crippen molar-refractivity contribution in [2.24, 2.45) is 0 Å². The molecule has 8 heteroatoms. The van der Waals surface area contributed by atoms with E-state index in [0.717, 1.165) is 4.47 Å². The fourth-order valence-corrected chi connectivity index (χ4v) is 4.35. The Hall–Kier alpha value is -1.64. The van der Waals surface area contributed by atoms with Crippen LogP contribution in [0.2, 0.25) is 0 Å². The molecule has 1 aliphatic rings. The lowest BCUT2D eigenvalue weighted by atomic mass is 10.2. The Labute approximate surface area is 149 Å². The van der Waals surface area contributed by atoms with Crippen LogP contribution >= 0.6 is 15.9 Å². The molecule has 2 heterocycles. The number of aryl methyl sites for hydroxylation is 1. The number of carbonyl (C=O) groups is 1. The second-order valence-corrected chi connectivity index (χ2v) is 8.39. The van der Waals surface area contributed by atoms with E-state index in [9.17, 15) is 13.2 Å². The van der Waals surface area contributed by atoms with E-state index in [1.54, 1.807) is 42.2 Å². The highest BCUT2D eigenvalue weighted by Crippen LogP contribution is 2.21. The zero-order chi connectivity index (χ0) is 17.3. The first-order valence-electron chi connectivity index (χ1n) is 7.48. The number of halogens is 1. The Balaban J connectivity index is 1.69. The van der Waals surface area contributed by atoms with Crippen LogP contribution in [0.4, 0.5) is 0 Å². The first-order valence-corrected chi connectivity index (χ1v) is 9.72. The van der Waals surface area contributed by atoms with Crippen molar-refractivity contribution in [3.63, 3.8) is 0 Å². The molecule has 0 aliphatic carbocycles. The van der Waals surface area contributed by atoms with Crippen molar-refractivity contribution in [1.82, 2.24) is 9.21 Å². The summed E-state index contributed by atoms with van der Waals surface area (Å²) in [6, 6.07) is 8.20. The third kappa shape index (κ3) is 3.26. The van der Waals surface area contributed by atoms with E-state index in [-0.39, 0.29) is 23.9 Å². The Bertz CT molecular complexity index is 837. The molecule has 1 aromatic heterocycles. The zero-order valence-electron chi connectivity index (χ0n) is 13.1. The summed E-state index contributed by atoms with van der Waals surface area (Å²) in [6.45, 7) is 3.02. The molecule has 0 saturated carbocycles. The second-order valence-electron chi connectivity index (χ2n) is 5.54. The minimum absolute atomic E-state index is 0.123. The summed E-state index contributed by atoms with van der Waals surface area (Å²) < 4.78 is 32.7. The Morgan fingerprint density at radius 3 is 2.25 bits per heavy atom. The van der Waals surface area contributed by atoms with Gasteiger partial charge in [-0.15, -0.1) is 0 Å². The quantitative estimate of drug-likeness (QED) is 0.776. The molecule has 1 fully saturated rings. The van der Waals surface area contributed by atoms with Gasteiger partial charge in [-0.1, -0.05) is 15.9 Å². The van der Waals surface area contributed by atoms with Crippen LogP contribution in [0.1, 0.15) is 16.1 Å². The van der Waals surface area contributed by atoms with Gasteiger partial charge in [0.05, 0.1) is 16.7 Å². The maximum atomic E-state index is 12.7. The average Bonchev–Trinajstić information content (AvgIpc) is 3.01. The molecule has 0 spiro atoms. The highest BCUT2D eigenvalue weighted by atomic mass is 79.9. The molecule has 1 amide bonds. The molecule has 128 valence electrons. The molecule has 3 rings (SSSR count). The van der Waals surface area contributed by atoms with Gasteiger partial charge in [0.1, 0.15) is 5.76 Å². The lowest BCUT2D eigenvalue weighted by Crippen LogP contribution is -2.50. The molecule has 1 saturated heterocycles. The van der Waals surface area contributed by atoms with Crippen LogP contribution in [-0.2, 0) is 10.0 Å². The van der Waals surface area contributed by atoms with Crippen LogP contribution in [0.5, 0.6) is 0 Å². The van der Waals surface area contributed by atoms with Crippen LogP contribution in [0, 0.1) is 6.92 Å². The van der Waals surface area contributed by atoms with Gasteiger partial charge in [-0.25, -0.2) is 8.42 Å². The van der Waals surface area contributed by atoms with Crippen molar-refractivity contribution in [2.45, 2.75) is 11.8 Å². The lowest BCUT2D eigenvalue weighted by Gasteiger charge is -2.34. The molecule has 1 aliphatic heterocycles. The predicted octanol–water partition coefficient (Wildman–Crippen LogP) is 2.50. The number of benzene rings is 1. The van der Waals surface area contributed by atoms with Gasteiger partial charge in [0, 0.05) is 30.7 Å². The Morgan fingerprint density at radius 2 is 1.71 bits per heavy atom. The number of amides is 1. The first kappa shape index (κ1) is 17.2. The van der Waals surface area contributed by atoms with Crippen molar-refractivity contribution >= 4 is 31.9 Å². The summed E-state index contributed by atoms with van der Waals surface area (Å²) in [5.74, 6) is 0.451. The second kappa shape index (κ2) is 6.70. The number of sulfonamides is 1.